The van der Waals surface area contributed by atoms with E-state index in [0.717, 1.165) is 11.1 Å². The third kappa shape index (κ3) is 4.67. The van der Waals surface area contributed by atoms with Gasteiger partial charge in [-0.15, -0.1) is 0 Å². The number of benzene rings is 2. The summed E-state index contributed by atoms with van der Waals surface area (Å²) in [5, 5.41) is 0. The van der Waals surface area contributed by atoms with E-state index in [0.29, 0.717) is 12.1 Å². The molecule has 5 heteroatoms. The average Bonchev–Trinajstić information content (AvgIpc) is 2.67. The lowest BCUT2D eigenvalue weighted by molar-refractivity contribution is 0.589. The minimum atomic E-state index is -3.47. The molecule has 0 bridgehead atoms. The normalized spacial score (nSPS) is 11.2. The van der Waals surface area contributed by atoms with Crippen LogP contribution in [0.15, 0.2) is 85.2 Å². The smallest absolute Gasteiger partial charge is 0.235 e. The number of anilines is 1. The zero-order valence-electron chi connectivity index (χ0n) is 13.8. The maximum absolute atomic E-state index is 13.0. The summed E-state index contributed by atoms with van der Waals surface area (Å²) < 4.78 is 27.5. The van der Waals surface area contributed by atoms with Gasteiger partial charge in [-0.05, 0) is 35.7 Å². The number of rotatable bonds is 7. The molecule has 0 amide bonds. The number of para-hydroxylation sites is 1. The van der Waals surface area contributed by atoms with E-state index in [2.05, 4.69) is 4.98 Å². The van der Waals surface area contributed by atoms with Gasteiger partial charge in [-0.2, -0.15) is 0 Å². The van der Waals surface area contributed by atoms with Gasteiger partial charge >= 0.3 is 0 Å². The number of sulfonamides is 1. The van der Waals surface area contributed by atoms with Crippen molar-refractivity contribution in [2.24, 2.45) is 0 Å². The second kappa shape index (κ2) is 7.94. The van der Waals surface area contributed by atoms with E-state index in [-0.39, 0.29) is 12.3 Å². The molecular formula is C20H20N2O2S. The molecule has 0 spiro atoms. The molecule has 128 valence electrons. The van der Waals surface area contributed by atoms with E-state index in [9.17, 15) is 8.42 Å². The van der Waals surface area contributed by atoms with Gasteiger partial charge in [-0.3, -0.25) is 9.29 Å². The van der Waals surface area contributed by atoms with E-state index >= 15 is 0 Å². The van der Waals surface area contributed by atoms with Crippen molar-refractivity contribution in [1.82, 2.24) is 4.98 Å². The Kier molecular flexibility index (Phi) is 5.46. The van der Waals surface area contributed by atoms with Gasteiger partial charge in [0.25, 0.3) is 0 Å². The van der Waals surface area contributed by atoms with Gasteiger partial charge in [0.15, 0.2) is 0 Å². The van der Waals surface area contributed by atoms with Gasteiger partial charge in [0, 0.05) is 12.4 Å². The first-order valence-corrected chi connectivity index (χ1v) is 9.74. The van der Waals surface area contributed by atoms with Crippen LogP contribution in [0.1, 0.15) is 11.1 Å². The van der Waals surface area contributed by atoms with Crippen LogP contribution in [-0.4, -0.2) is 19.2 Å². The standard InChI is InChI=1S/C20H20N2O2S/c23-25(24,15-13-18-8-3-1-4-9-18)22(20-11-5-2-6-12-20)17-19-10-7-14-21-16-19/h1-12,14,16H,13,15,17H2. The lowest BCUT2D eigenvalue weighted by atomic mass is 10.2. The molecule has 1 aromatic heterocycles. The number of aromatic nitrogens is 1. The van der Waals surface area contributed by atoms with Crippen LogP contribution >= 0.6 is 0 Å². The molecule has 0 aliphatic heterocycles. The molecule has 3 rings (SSSR count). The van der Waals surface area contributed by atoms with Crippen LogP contribution in [0.25, 0.3) is 0 Å². The summed E-state index contributed by atoms with van der Waals surface area (Å²) in [5.41, 5.74) is 2.54. The first-order chi connectivity index (χ1) is 12.1. The van der Waals surface area contributed by atoms with E-state index in [1.165, 1.54) is 4.31 Å². The molecule has 0 fully saturated rings. The SMILES string of the molecule is O=S(=O)(CCc1ccccc1)N(Cc1cccnc1)c1ccccc1. The van der Waals surface area contributed by atoms with Crippen molar-refractivity contribution in [1.29, 1.82) is 0 Å². The highest BCUT2D eigenvalue weighted by Crippen LogP contribution is 2.21. The first-order valence-electron chi connectivity index (χ1n) is 8.13. The average molecular weight is 352 g/mol. The van der Waals surface area contributed by atoms with Crippen LogP contribution in [0, 0.1) is 0 Å². The minimum absolute atomic E-state index is 0.0617. The summed E-state index contributed by atoms with van der Waals surface area (Å²) in [6.07, 6.45) is 3.86. The Morgan fingerprint density at radius 1 is 0.800 bits per heavy atom. The van der Waals surface area contributed by atoms with Crippen molar-refractivity contribution in [2.75, 3.05) is 10.1 Å². The van der Waals surface area contributed by atoms with Crippen molar-refractivity contribution in [3.05, 3.63) is 96.3 Å². The van der Waals surface area contributed by atoms with E-state index in [1.54, 1.807) is 12.4 Å². The summed E-state index contributed by atoms with van der Waals surface area (Å²) in [6, 6.07) is 22.6. The highest BCUT2D eigenvalue weighted by atomic mass is 32.2. The molecule has 1 heterocycles. The lowest BCUT2D eigenvalue weighted by Gasteiger charge is -2.24. The zero-order valence-corrected chi connectivity index (χ0v) is 14.6. The molecule has 0 N–H and O–H groups in total. The fourth-order valence-electron chi connectivity index (χ4n) is 2.60. The van der Waals surface area contributed by atoms with E-state index < -0.39 is 10.0 Å². The Bertz CT molecular complexity index is 883. The van der Waals surface area contributed by atoms with Crippen LogP contribution in [0.5, 0.6) is 0 Å². The maximum atomic E-state index is 13.0. The van der Waals surface area contributed by atoms with Crippen LogP contribution in [-0.2, 0) is 23.0 Å². The van der Waals surface area contributed by atoms with Gasteiger partial charge in [-0.1, -0.05) is 54.6 Å². The van der Waals surface area contributed by atoms with Crippen LogP contribution < -0.4 is 4.31 Å². The third-order valence-corrected chi connectivity index (χ3v) is 5.65. The van der Waals surface area contributed by atoms with Gasteiger partial charge in [0.05, 0.1) is 18.0 Å². The van der Waals surface area contributed by atoms with E-state index in [1.807, 2.05) is 72.8 Å². The predicted octanol–water partition coefficient (Wildman–Crippen LogP) is 3.66. The monoisotopic (exact) mass is 352 g/mol. The highest BCUT2D eigenvalue weighted by Gasteiger charge is 2.22. The topological polar surface area (TPSA) is 50.3 Å². The summed E-state index contributed by atoms with van der Waals surface area (Å²) in [5.74, 6) is 0.0617. The number of nitrogens with zero attached hydrogens (tertiary/aromatic N) is 2. The lowest BCUT2D eigenvalue weighted by Crippen LogP contribution is -2.33. The number of pyridine rings is 1. The van der Waals surface area contributed by atoms with Crippen molar-refractivity contribution in [3.63, 3.8) is 0 Å². The van der Waals surface area contributed by atoms with Crippen molar-refractivity contribution < 1.29 is 8.42 Å². The summed E-state index contributed by atoms with van der Waals surface area (Å²) in [7, 11) is -3.47. The Morgan fingerprint density at radius 2 is 1.44 bits per heavy atom. The largest absolute Gasteiger partial charge is 0.266 e. The number of hydrogen-bond acceptors (Lipinski definition) is 3. The summed E-state index contributed by atoms with van der Waals surface area (Å²) >= 11 is 0. The second-order valence-electron chi connectivity index (χ2n) is 5.76. The fourth-order valence-corrected chi connectivity index (χ4v) is 4.11. The molecule has 4 nitrogen and oxygen atoms in total. The number of hydrogen-bond donors (Lipinski definition) is 0. The first kappa shape index (κ1) is 17.2. The Morgan fingerprint density at radius 3 is 2.08 bits per heavy atom. The molecular weight excluding hydrogens is 332 g/mol. The molecule has 0 aliphatic rings. The molecule has 0 atom stereocenters. The van der Waals surface area contributed by atoms with Gasteiger partial charge in [-0.25, -0.2) is 8.42 Å². The molecule has 0 aliphatic carbocycles. The highest BCUT2D eigenvalue weighted by molar-refractivity contribution is 7.92. The van der Waals surface area contributed by atoms with Crippen molar-refractivity contribution >= 4 is 15.7 Å². The third-order valence-electron chi connectivity index (χ3n) is 3.92. The zero-order chi connectivity index (χ0) is 17.5. The second-order valence-corrected chi connectivity index (χ2v) is 7.77. The summed E-state index contributed by atoms with van der Waals surface area (Å²) in [4.78, 5) is 4.09. The Hall–Kier alpha value is -2.66. The van der Waals surface area contributed by atoms with Crippen molar-refractivity contribution in [2.45, 2.75) is 13.0 Å². The van der Waals surface area contributed by atoms with Crippen LogP contribution in [0.4, 0.5) is 5.69 Å². The van der Waals surface area contributed by atoms with Crippen molar-refractivity contribution in [3.8, 4) is 0 Å². The van der Waals surface area contributed by atoms with Gasteiger partial charge in [0.2, 0.25) is 10.0 Å². The van der Waals surface area contributed by atoms with Gasteiger partial charge < -0.3 is 0 Å². The minimum Gasteiger partial charge on any atom is -0.266 e. The Balaban J connectivity index is 1.85. The molecule has 0 saturated carbocycles. The molecule has 0 unspecified atom stereocenters. The van der Waals surface area contributed by atoms with Crippen LogP contribution in [0.2, 0.25) is 0 Å². The molecule has 0 radical (unpaired) electrons. The molecule has 2 aromatic carbocycles. The van der Waals surface area contributed by atoms with Gasteiger partial charge in [0.1, 0.15) is 0 Å². The maximum Gasteiger partial charge on any atom is 0.235 e. The quantitative estimate of drug-likeness (QED) is 0.652. The fraction of sp³-hybridized carbons (Fsp3) is 0.150. The number of aryl methyl sites for hydroxylation is 1. The summed E-state index contributed by atoms with van der Waals surface area (Å²) in [6.45, 7) is 0.273. The molecule has 25 heavy (non-hydrogen) atoms. The van der Waals surface area contributed by atoms with E-state index in [4.69, 9.17) is 0 Å². The predicted molar refractivity (Wildman–Crippen MR) is 101 cm³/mol. The van der Waals surface area contributed by atoms with Crippen LogP contribution in [0.3, 0.4) is 0 Å². The Labute approximate surface area is 148 Å². The molecule has 3 aromatic rings. The molecule has 0 saturated heterocycles.